The second-order valence-corrected chi connectivity index (χ2v) is 8.61. The highest BCUT2D eigenvalue weighted by atomic mass is 16.7. The second kappa shape index (κ2) is 9.04. The Bertz CT molecular complexity index is 1140. The summed E-state index contributed by atoms with van der Waals surface area (Å²) >= 11 is 0. The van der Waals surface area contributed by atoms with Crippen LogP contribution in [-0.2, 0) is 6.54 Å². The first-order valence-corrected chi connectivity index (χ1v) is 10.7. The number of aryl methyl sites for hydroxylation is 1. The van der Waals surface area contributed by atoms with Gasteiger partial charge in [-0.1, -0.05) is 18.2 Å². The number of carbonyl (C=O) groups excluding carboxylic acids is 1. The fraction of sp³-hybridized carbons (Fsp3) is 0.360. The number of nitrogens with zero attached hydrogens (tertiary/aromatic N) is 4. The van der Waals surface area contributed by atoms with Crippen molar-refractivity contribution in [3.63, 3.8) is 0 Å². The van der Waals surface area contributed by atoms with Crippen LogP contribution in [-0.4, -0.2) is 68.8 Å². The molecule has 0 spiro atoms. The van der Waals surface area contributed by atoms with Crippen LogP contribution in [0, 0.1) is 6.92 Å². The first-order valence-electron chi connectivity index (χ1n) is 10.7. The maximum absolute atomic E-state index is 13.5. The minimum Gasteiger partial charge on any atom is -0.454 e. The summed E-state index contributed by atoms with van der Waals surface area (Å²) in [5.74, 6) is 2.12. The molecule has 1 aromatic heterocycles. The van der Waals surface area contributed by atoms with E-state index in [4.69, 9.17) is 14.5 Å². The lowest BCUT2D eigenvalue weighted by Gasteiger charge is -2.27. The lowest BCUT2D eigenvalue weighted by Crippen LogP contribution is -2.36. The molecule has 0 N–H and O–H groups in total. The highest BCUT2D eigenvalue weighted by Gasteiger charge is 2.22. The van der Waals surface area contributed by atoms with Gasteiger partial charge >= 0.3 is 0 Å². The molecule has 1 amide bonds. The zero-order chi connectivity index (χ0) is 22.8. The highest BCUT2D eigenvalue weighted by molar-refractivity contribution is 5.95. The van der Waals surface area contributed by atoms with Gasteiger partial charge in [-0.05, 0) is 50.8 Å². The van der Waals surface area contributed by atoms with Gasteiger partial charge in [0, 0.05) is 50.2 Å². The molecule has 0 unspecified atom stereocenters. The molecule has 0 bridgehead atoms. The van der Waals surface area contributed by atoms with Crippen LogP contribution < -0.4 is 14.4 Å². The number of ether oxygens (including phenoxy) is 2. The summed E-state index contributed by atoms with van der Waals surface area (Å²) in [5.41, 5.74) is 3.73. The SMILES string of the molecule is Cc1cccc2cc(CN(CCN(C)C)C(=O)c3ccc4c(c3)OCO4)c(N(C)C)nc12. The van der Waals surface area contributed by atoms with E-state index >= 15 is 0 Å². The molecule has 3 aromatic rings. The van der Waals surface area contributed by atoms with Gasteiger partial charge in [-0.15, -0.1) is 0 Å². The van der Waals surface area contributed by atoms with Gasteiger partial charge in [0.15, 0.2) is 11.5 Å². The Kier molecular flexibility index (Phi) is 6.19. The van der Waals surface area contributed by atoms with Crippen molar-refractivity contribution in [3.05, 3.63) is 59.2 Å². The maximum Gasteiger partial charge on any atom is 0.254 e. The normalized spacial score (nSPS) is 12.4. The smallest absolute Gasteiger partial charge is 0.254 e. The lowest BCUT2D eigenvalue weighted by atomic mass is 10.1. The Morgan fingerprint density at radius 2 is 1.78 bits per heavy atom. The molecule has 0 saturated carbocycles. The number of hydrogen-bond acceptors (Lipinski definition) is 6. The summed E-state index contributed by atoms with van der Waals surface area (Å²) < 4.78 is 10.9. The van der Waals surface area contributed by atoms with Crippen molar-refractivity contribution in [3.8, 4) is 11.5 Å². The van der Waals surface area contributed by atoms with Gasteiger partial charge < -0.3 is 24.2 Å². The van der Waals surface area contributed by atoms with E-state index in [0.29, 0.717) is 30.2 Å². The van der Waals surface area contributed by atoms with Crippen LogP contribution in [0.1, 0.15) is 21.5 Å². The van der Waals surface area contributed by atoms with Crippen LogP contribution in [0.3, 0.4) is 0 Å². The molecule has 0 saturated heterocycles. The van der Waals surface area contributed by atoms with Crippen molar-refractivity contribution in [1.29, 1.82) is 0 Å². The number of hydrogen-bond donors (Lipinski definition) is 0. The van der Waals surface area contributed by atoms with E-state index < -0.39 is 0 Å². The molecule has 0 atom stereocenters. The molecule has 2 heterocycles. The van der Waals surface area contributed by atoms with E-state index in [1.807, 2.05) is 44.1 Å². The number of amides is 1. The van der Waals surface area contributed by atoms with Gasteiger partial charge in [-0.3, -0.25) is 4.79 Å². The molecule has 7 nitrogen and oxygen atoms in total. The molecule has 4 rings (SSSR count). The number of pyridine rings is 1. The summed E-state index contributed by atoms with van der Waals surface area (Å²) in [6.45, 7) is 4.07. The van der Waals surface area contributed by atoms with E-state index in [2.05, 4.69) is 30.0 Å². The Hall–Kier alpha value is -3.32. The highest BCUT2D eigenvalue weighted by Crippen LogP contribution is 2.33. The predicted molar refractivity (Wildman–Crippen MR) is 127 cm³/mol. The first-order chi connectivity index (χ1) is 15.3. The number of benzene rings is 2. The topological polar surface area (TPSA) is 58.1 Å². The second-order valence-electron chi connectivity index (χ2n) is 8.61. The fourth-order valence-corrected chi connectivity index (χ4v) is 3.88. The molecule has 0 fully saturated rings. The van der Waals surface area contributed by atoms with Crippen LogP contribution in [0.15, 0.2) is 42.5 Å². The molecule has 1 aliphatic rings. The minimum absolute atomic E-state index is 0.0424. The van der Waals surface area contributed by atoms with Crippen LogP contribution in [0.2, 0.25) is 0 Å². The third-order valence-electron chi connectivity index (χ3n) is 5.61. The zero-order valence-corrected chi connectivity index (χ0v) is 19.4. The lowest BCUT2D eigenvalue weighted by molar-refractivity contribution is 0.0731. The summed E-state index contributed by atoms with van der Waals surface area (Å²) in [6, 6.07) is 13.7. The Morgan fingerprint density at radius 1 is 1.00 bits per heavy atom. The molecule has 0 aliphatic carbocycles. The largest absolute Gasteiger partial charge is 0.454 e. The predicted octanol–water partition coefficient (Wildman–Crippen LogP) is 3.54. The molecule has 0 radical (unpaired) electrons. The fourth-order valence-electron chi connectivity index (χ4n) is 3.88. The maximum atomic E-state index is 13.5. The minimum atomic E-state index is -0.0424. The van der Waals surface area contributed by atoms with Crippen molar-refractivity contribution in [2.45, 2.75) is 13.5 Å². The summed E-state index contributed by atoms with van der Waals surface area (Å²) in [6.07, 6.45) is 0. The van der Waals surface area contributed by atoms with Crippen molar-refractivity contribution < 1.29 is 14.3 Å². The Balaban J connectivity index is 1.70. The van der Waals surface area contributed by atoms with Crippen molar-refractivity contribution in [1.82, 2.24) is 14.8 Å². The number of aromatic nitrogens is 1. The molecule has 2 aromatic carbocycles. The number of rotatable bonds is 7. The van der Waals surface area contributed by atoms with E-state index in [9.17, 15) is 4.79 Å². The summed E-state index contributed by atoms with van der Waals surface area (Å²) in [4.78, 5) is 24.4. The van der Waals surface area contributed by atoms with E-state index in [1.54, 1.807) is 18.2 Å². The Morgan fingerprint density at radius 3 is 2.53 bits per heavy atom. The molecular weight excluding hydrogens is 404 g/mol. The molecule has 168 valence electrons. The van der Waals surface area contributed by atoms with Gasteiger partial charge in [0.2, 0.25) is 6.79 Å². The number of anilines is 1. The molecule has 1 aliphatic heterocycles. The average molecular weight is 435 g/mol. The van der Waals surface area contributed by atoms with Gasteiger partial charge in [0.25, 0.3) is 5.91 Å². The Labute approximate surface area is 189 Å². The third-order valence-corrected chi connectivity index (χ3v) is 5.61. The molecule has 7 heteroatoms. The summed E-state index contributed by atoms with van der Waals surface area (Å²) in [7, 11) is 7.99. The molecular formula is C25H30N4O3. The number of fused-ring (bicyclic) bond motifs is 2. The van der Waals surface area contributed by atoms with Crippen molar-refractivity contribution >= 4 is 22.6 Å². The monoisotopic (exact) mass is 434 g/mol. The van der Waals surface area contributed by atoms with Gasteiger partial charge in [-0.2, -0.15) is 0 Å². The van der Waals surface area contributed by atoms with Crippen LogP contribution in [0.25, 0.3) is 10.9 Å². The standard InChI is InChI=1S/C25H30N4O3/c1-17-7-6-8-18-13-20(24(28(4)5)26-23(17)18)15-29(12-11-27(2)3)25(30)19-9-10-21-22(14-19)32-16-31-21/h6-10,13-14H,11-12,15-16H2,1-5H3. The molecule has 32 heavy (non-hydrogen) atoms. The summed E-state index contributed by atoms with van der Waals surface area (Å²) in [5, 5.41) is 1.08. The van der Waals surface area contributed by atoms with Gasteiger partial charge in [0.05, 0.1) is 5.52 Å². The van der Waals surface area contributed by atoms with Crippen LogP contribution >= 0.6 is 0 Å². The van der Waals surface area contributed by atoms with Gasteiger partial charge in [-0.25, -0.2) is 4.98 Å². The van der Waals surface area contributed by atoms with Crippen LogP contribution in [0.5, 0.6) is 11.5 Å². The van der Waals surface area contributed by atoms with Crippen molar-refractivity contribution in [2.24, 2.45) is 0 Å². The van der Waals surface area contributed by atoms with Crippen molar-refractivity contribution in [2.75, 3.05) is 53.0 Å². The zero-order valence-electron chi connectivity index (χ0n) is 19.4. The number of likely N-dealkylation sites (N-methyl/N-ethyl adjacent to an activating group) is 1. The quantitative estimate of drug-likeness (QED) is 0.567. The van der Waals surface area contributed by atoms with E-state index in [-0.39, 0.29) is 12.7 Å². The third kappa shape index (κ3) is 4.48. The first kappa shape index (κ1) is 21.9. The number of carbonyl (C=O) groups is 1. The van der Waals surface area contributed by atoms with E-state index in [1.165, 1.54) is 0 Å². The van der Waals surface area contributed by atoms with Crippen LogP contribution in [0.4, 0.5) is 5.82 Å². The van der Waals surface area contributed by atoms with E-state index in [0.717, 1.165) is 34.4 Å². The average Bonchev–Trinajstić information content (AvgIpc) is 3.23. The van der Waals surface area contributed by atoms with Gasteiger partial charge in [0.1, 0.15) is 5.82 Å². The number of para-hydroxylation sites is 1.